The van der Waals surface area contributed by atoms with Gasteiger partial charge in [0.1, 0.15) is 0 Å². The van der Waals surface area contributed by atoms with Gasteiger partial charge in [-0.2, -0.15) is 0 Å². The summed E-state index contributed by atoms with van der Waals surface area (Å²) in [5.74, 6) is -0.261. The van der Waals surface area contributed by atoms with Gasteiger partial charge in [0.05, 0.1) is 12.7 Å². The second kappa shape index (κ2) is 6.52. The molecule has 0 rings (SSSR count). The summed E-state index contributed by atoms with van der Waals surface area (Å²) in [6.07, 6.45) is 1.79. The lowest BCUT2D eigenvalue weighted by atomic mass is 10.2. The van der Waals surface area contributed by atoms with Gasteiger partial charge in [0.15, 0.2) is 8.32 Å². The van der Waals surface area contributed by atoms with Crippen molar-refractivity contribution in [3.63, 3.8) is 0 Å². The van der Waals surface area contributed by atoms with Crippen LogP contribution in [0.15, 0.2) is 11.6 Å². The minimum absolute atomic E-state index is 0.0599. The van der Waals surface area contributed by atoms with Crippen molar-refractivity contribution in [1.82, 2.24) is 0 Å². The van der Waals surface area contributed by atoms with Crippen LogP contribution in [0.1, 0.15) is 41.5 Å². The molecule has 0 fully saturated rings. The Balaban J connectivity index is 4.65. The van der Waals surface area contributed by atoms with Gasteiger partial charge in [-0.15, -0.1) is 0 Å². The molecule has 0 aromatic heterocycles. The molecule has 106 valence electrons. The van der Waals surface area contributed by atoms with Crippen molar-refractivity contribution in [2.75, 3.05) is 6.61 Å². The van der Waals surface area contributed by atoms with Gasteiger partial charge in [0, 0.05) is 5.57 Å². The van der Waals surface area contributed by atoms with Crippen molar-refractivity contribution < 1.29 is 14.0 Å². The van der Waals surface area contributed by atoms with E-state index < -0.39 is 8.32 Å². The monoisotopic (exact) mass is 272 g/mol. The first kappa shape index (κ1) is 17.4. The van der Waals surface area contributed by atoms with Crippen molar-refractivity contribution in [3.8, 4) is 0 Å². The normalized spacial score (nSPS) is 15.4. The smallest absolute Gasteiger partial charge is 0.333 e. The number of esters is 1. The van der Waals surface area contributed by atoms with E-state index >= 15 is 0 Å². The van der Waals surface area contributed by atoms with Gasteiger partial charge >= 0.3 is 5.97 Å². The van der Waals surface area contributed by atoms with E-state index in [1.807, 2.05) is 13.0 Å². The molecule has 0 aromatic carbocycles. The number of hydrogen-bond acceptors (Lipinski definition) is 3. The molecule has 1 atom stereocenters. The average Bonchev–Trinajstić information content (AvgIpc) is 2.14. The van der Waals surface area contributed by atoms with E-state index in [2.05, 4.69) is 33.9 Å². The Morgan fingerprint density at radius 3 is 2.22 bits per heavy atom. The third kappa shape index (κ3) is 5.36. The zero-order valence-corrected chi connectivity index (χ0v) is 14.1. The maximum Gasteiger partial charge on any atom is 0.333 e. The van der Waals surface area contributed by atoms with Crippen LogP contribution in [0.3, 0.4) is 0 Å². The third-order valence-corrected chi connectivity index (χ3v) is 7.94. The zero-order valence-electron chi connectivity index (χ0n) is 13.1. The van der Waals surface area contributed by atoms with Crippen molar-refractivity contribution >= 4 is 14.3 Å². The van der Waals surface area contributed by atoms with Gasteiger partial charge in [-0.3, -0.25) is 0 Å². The highest BCUT2D eigenvalue weighted by molar-refractivity contribution is 6.74. The summed E-state index contributed by atoms with van der Waals surface area (Å²) in [6, 6.07) is 0. The van der Waals surface area contributed by atoms with Crippen LogP contribution >= 0.6 is 0 Å². The lowest BCUT2D eigenvalue weighted by Gasteiger charge is -2.37. The van der Waals surface area contributed by atoms with Crippen LogP contribution in [0.4, 0.5) is 0 Å². The lowest BCUT2D eigenvalue weighted by molar-refractivity contribution is -0.138. The lowest BCUT2D eigenvalue weighted by Crippen LogP contribution is -2.43. The molecule has 0 saturated heterocycles. The van der Waals surface area contributed by atoms with Crippen LogP contribution in [0.5, 0.6) is 0 Å². The summed E-state index contributed by atoms with van der Waals surface area (Å²) in [4.78, 5) is 11.5. The van der Waals surface area contributed by atoms with E-state index in [-0.39, 0.29) is 17.1 Å². The Kier molecular flexibility index (Phi) is 6.30. The predicted molar refractivity (Wildman–Crippen MR) is 78.1 cm³/mol. The molecule has 0 amide bonds. The molecule has 0 aliphatic rings. The summed E-state index contributed by atoms with van der Waals surface area (Å²) in [6.45, 7) is 17.0. The van der Waals surface area contributed by atoms with E-state index in [1.165, 1.54) is 0 Å². The second-order valence-electron chi connectivity index (χ2n) is 6.15. The maximum absolute atomic E-state index is 11.5. The fourth-order valence-electron chi connectivity index (χ4n) is 1.34. The van der Waals surface area contributed by atoms with E-state index in [4.69, 9.17) is 9.16 Å². The van der Waals surface area contributed by atoms with Crippen molar-refractivity contribution in [1.29, 1.82) is 0 Å². The highest BCUT2D eigenvalue weighted by Crippen LogP contribution is 2.37. The van der Waals surface area contributed by atoms with E-state index in [9.17, 15) is 4.79 Å². The maximum atomic E-state index is 11.5. The number of hydrogen-bond donors (Lipinski definition) is 0. The molecule has 0 spiro atoms. The molecule has 4 heteroatoms. The topological polar surface area (TPSA) is 35.5 Å². The first-order valence-electron chi connectivity index (χ1n) is 6.54. The molecule has 0 aliphatic carbocycles. The van der Waals surface area contributed by atoms with Gasteiger partial charge < -0.3 is 9.16 Å². The van der Waals surface area contributed by atoms with Crippen LogP contribution in [0.2, 0.25) is 18.1 Å². The van der Waals surface area contributed by atoms with Crippen LogP contribution in [0, 0.1) is 0 Å². The SMILES string of the molecule is CCOC(=O)/C(C)=C/C(C)O[Si](C)(C)C(C)(C)C. The molecule has 18 heavy (non-hydrogen) atoms. The molecule has 0 aromatic rings. The molecular formula is C14H28O3Si. The molecule has 0 bridgehead atoms. The summed E-state index contributed by atoms with van der Waals surface area (Å²) >= 11 is 0. The molecule has 0 radical (unpaired) electrons. The first-order chi connectivity index (χ1) is 8.01. The van der Waals surface area contributed by atoms with Gasteiger partial charge in [0.2, 0.25) is 0 Å². The first-order valence-corrected chi connectivity index (χ1v) is 9.45. The quantitative estimate of drug-likeness (QED) is 0.432. The molecule has 0 aliphatic heterocycles. The van der Waals surface area contributed by atoms with Crippen LogP contribution < -0.4 is 0 Å². The Bertz CT molecular complexity index is 313. The molecular weight excluding hydrogens is 244 g/mol. The fourth-order valence-corrected chi connectivity index (χ4v) is 2.69. The number of rotatable bonds is 5. The Morgan fingerprint density at radius 1 is 1.33 bits per heavy atom. The molecule has 0 N–H and O–H groups in total. The minimum atomic E-state index is -1.78. The summed E-state index contributed by atoms with van der Waals surface area (Å²) < 4.78 is 11.1. The number of carbonyl (C=O) groups is 1. The van der Waals surface area contributed by atoms with E-state index in [0.29, 0.717) is 12.2 Å². The van der Waals surface area contributed by atoms with Gasteiger partial charge in [-0.1, -0.05) is 20.8 Å². The third-order valence-electron chi connectivity index (χ3n) is 3.37. The van der Waals surface area contributed by atoms with Crippen molar-refractivity contribution in [2.24, 2.45) is 0 Å². The van der Waals surface area contributed by atoms with E-state index in [0.717, 1.165) is 0 Å². The summed E-state index contributed by atoms with van der Waals surface area (Å²) in [5, 5.41) is 0.174. The van der Waals surface area contributed by atoms with Gasteiger partial charge in [-0.25, -0.2) is 4.79 Å². The van der Waals surface area contributed by atoms with Crippen LogP contribution in [-0.4, -0.2) is 27.0 Å². The summed E-state index contributed by atoms with van der Waals surface area (Å²) in [5.41, 5.74) is 0.614. The second-order valence-corrected chi connectivity index (χ2v) is 10.9. The highest BCUT2D eigenvalue weighted by atomic mass is 28.4. The number of ether oxygens (including phenoxy) is 1. The van der Waals surface area contributed by atoms with Gasteiger partial charge in [0.25, 0.3) is 0 Å². The zero-order chi connectivity index (χ0) is 14.6. The average molecular weight is 272 g/mol. The highest BCUT2D eigenvalue weighted by Gasteiger charge is 2.38. The predicted octanol–water partition coefficient (Wildman–Crippen LogP) is 3.91. The summed E-state index contributed by atoms with van der Waals surface area (Å²) in [7, 11) is -1.78. The Morgan fingerprint density at radius 2 is 1.83 bits per heavy atom. The van der Waals surface area contributed by atoms with Crippen molar-refractivity contribution in [3.05, 3.63) is 11.6 Å². The molecule has 1 unspecified atom stereocenters. The Hall–Kier alpha value is -0.613. The van der Waals surface area contributed by atoms with Crippen LogP contribution in [0.25, 0.3) is 0 Å². The number of carbonyl (C=O) groups excluding carboxylic acids is 1. The largest absolute Gasteiger partial charge is 0.463 e. The Labute approximate surface area is 113 Å². The molecule has 0 heterocycles. The van der Waals surface area contributed by atoms with Gasteiger partial charge in [-0.05, 0) is 45.0 Å². The standard InChI is InChI=1S/C14H28O3Si/c1-9-16-13(15)11(2)10-12(3)17-18(7,8)14(4,5)6/h10,12H,9H2,1-8H3/b11-10+. The van der Waals surface area contributed by atoms with Crippen LogP contribution in [-0.2, 0) is 14.0 Å². The van der Waals surface area contributed by atoms with E-state index in [1.54, 1.807) is 13.8 Å². The fraction of sp³-hybridized carbons (Fsp3) is 0.786. The van der Waals surface area contributed by atoms with Crippen molar-refractivity contribution in [2.45, 2.75) is 65.8 Å². The molecule has 3 nitrogen and oxygen atoms in total. The molecule has 0 saturated carbocycles. The minimum Gasteiger partial charge on any atom is -0.463 e.